The summed E-state index contributed by atoms with van der Waals surface area (Å²) in [6.07, 6.45) is 4.15. The highest BCUT2D eigenvalue weighted by atomic mass is 35.5. The minimum absolute atomic E-state index is 0.729. The molecule has 1 aliphatic heterocycles. The van der Waals surface area contributed by atoms with Gasteiger partial charge in [0.1, 0.15) is 11.5 Å². The number of hydrogen-bond donors (Lipinski definition) is 1. The van der Waals surface area contributed by atoms with Gasteiger partial charge in [-0.05, 0) is 62.5 Å². The van der Waals surface area contributed by atoms with Gasteiger partial charge in [-0.25, -0.2) is 0 Å². The first kappa shape index (κ1) is 15.3. The van der Waals surface area contributed by atoms with E-state index in [1.165, 1.54) is 32.4 Å². The van der Waals surface area contributed by atoms with Gasteiger partial charge in [-0.2, -0.15) is 0 Å². The average Bonchev–Trinajstić information content (AvgIpc) is 3.12. The van der Waals surface area contributed by atoms with Gasteiger partial charge in [0.05, 0.1) is 11.6 Å². The van der Waals surface area contributed by atoms with Crippen molar-refractivity contribution in [1.82, 2.24) is 10.2 Å². The Labute approximate surface area is 142 Å². The molecule has 0 spiro atoms. The van der Waals surface area contributed by atoms with Crippen molar-refractivity contribution in [3.8, 4) is 11.3 Å². The lowest BCUT2D eigenvalue weighted by Gasteiger charge is -2.14. The van der Waals surface area contributed by atoms with E-state index in [1.54, 1.807) is 0 Å². The van der Waals surface area contributed by atoms with E-state index in [4.69, 9.17) is 16.0 Å². The maximum Gasteiger partial charge on any atom is 0.135 e. The van der Waals surface area contributed by atoms with E-state index >= 15 is 0 Å². The number of furan rings is 1. The van der Waals surface area contributed by atoms with Crippen LogP contribution in [0.5, 0.6) is 0 Å². The topological polar surface area (TPSA) is 28.4 Å². The van der Waals surface area contributed by atoms with Crippen LogP contribution >= 0.6 is 11.6 Å². The Balaban J connectivity index is 1.28. The van der Waals surface area contributed by atoms with Gasteiger partial charge in [-0.15, -0.1) is 0 Å². The molecule has 0 radical (unpaired) electrons. The Morgan fingerprint density at radius 3 is 2.83 bits per heavy atom. The molecule has 1 atom stereocenters. The summed E-state index contributed by atoms with van der Waals surface area (Å²) in [5.74, 6) is 2.60. The van der Waals surface area contributed by atoms with Crippen LogP contribution in [0.25, 0.3) is 11.3 Å². The highest BCUT2D eigenvalue weighted by Gasteiger charge is 2.33. The summed E-state index contributed by atoms with van der Waals surface area (Å²) in [5.41, 5.74) is 0.955. The molecule has 2 heterocycles. The van der Waals surface area contributed by atoms with E-state index in [-0.39, 0.29) is 0 Å². The number of benzene rings is 1. The van der Waals surface area contributed by atoms with Gasteiger partial charge in [0, 0.05) is 18.2 Å². The highest BCUT2D eigenvalue weighted by Crippen LogP contribution is 2.31. The van der Waals surface area contributed by atoms with Gasteiger partial charge in [0.15, 0.2) is 0 Å². The summed E-state index contributed by atoms with van der Waals surface area (Å²) in [6, 6.07) is 12.7. The second-order valence-electron chi connectivity index (χ2n) is 6.76. The summed E-state index contributed by atoms with van der Waals surface area (Å²) in [4.78, 5) is 2.66. The van der Waals surface area contributed by atoms with Crippen LogP contribution in [0, 0.1) is 5.92 Å². The van der Waals surface area contributed by atoms with E-state index in [0.717, 1.165) is 47.2 Å². The first-order chi connectivity index (χ1) is 11.3. The van der Waals surface area contributed by atoms with Crippen LogP contribution in [0.2, 0.25) is 5.02 Å². The fraction of sp³-hybridized carbons (Fsp3) is 0.474. The van der Waals surface area contributed by atoms with Crippen LogP contribution < -0.4 is 5.32 Å². The van der Waals surface area contributed by atoms with Crippen molar-refractivity contribution in [3.63, 3.8) is 0 Å². The van der Waals surface area contributed by atoms with Crippen molar-refractivity contribution in [2.75, 3.05) is 19.6 Å². The Morgan fingerprint density at radius 2 is 2.00 bits per heavy atom. The molecule has 2 aliphatic rings. The Kier molecular flexibility index (Phi) is 4.43. The minimum Gasteiger partial charge on any atom is -0.460 e. The van der Waals surface area contributed by atoms with Crippen molar-refractivity contribution in [3.05, 3.63) is 47.2 Å². The van der Waals surface area contributed by atoms with Crippen molar-refractivity contribution >= 4 is 11.6 Å². The zero-order valence-corrected chi connectivity index (χ0v) is 14.1. The van der Waals surface area contributed by atoms with Gasteiger partial charge < -0.3 is 14.6 Å². The minimum atomic E-state index is 0.729. The standard InChI is InChI=1S/C19H23ClN2O/c20-18-4-2-1-3-17(18)19-8-7-16(23-19)12-21-11-14-9-10-22(13-14)15-5-6-15/h1-4,7-8,14-15,21H,5-6,9-13H2. The third-order valence-corrected chi connectivity index (χ3v) is 5.24. The van der Waals surface area contributed by atoms with Crippen molar-refractivity contribution < 1.29 is 4.42 Å². The van der Waals surface area contributed by atoms with Gasteiger partial charge in [0.25, 0.3) is 0 Å². The SMILES string of the molecule is Clc1ccccc1-c1ccc(CNCC2CCN(C3CC3)C2)o1. The molecular weight excluding hydrogens is 308 g/mol. The fourth-order valence-corrected chi connectivity index (χ4v) is 3.71. The summed E-state index contributed by atoms with van der Waals surface area (Å²) in [7, 11) is 0. The summed E-state index contributed by atoms with van der Waals surface area (Å²) in [6.45, 7) is 4.41. The van der Waals surface area contributed by atoms with E-state index < -0.39 is 0 Å². The fourth-order valence-electron chi connectivity index (χ4n) is 3.48. The third-order valence-electron chi connectivity index (χ3n) is 4.91. The number of nitrogens with one attached hydrogen (secondary N) is 1. The molecule has 1 aliphatic carbocycles. The molecule has 0 amide bonds. The molecule has 122 valence electrons. The van der Waals surface area contributed by atoms with E-state index in [0.29, 0.717) is 0 Å². The van der Waals surface area contributed by atoms with Crippen LogP contribution in [0.15, 0.2) is 40.8 Å². The van der Waals surface area contributed by atoms with Gasteiger partial charge in [0.2, 0.25) is 0 Å². The molecule has 3 nitrogen and oxygen atoms in total. The number of likely N-dealkylation sites (tertiary alicyclic amines) is 1. The molecule has 1 unspecified atom stereocenters. The number of halogens is 1. The van der Waals surface area contributed by atoms with Gasteiger partial charge in [-0.3, -0.25) is 0 Å². The van der Waals surface area contributed by atoms with E-state index in [2.05, 4.69) is 10.2 Å². The Bertz CT molecular complexity index is 665. The van der Waals surface area contributed by atoms with Crippen LogP contribution in [0.4, 0.5) is 0 Å². The molecule has 4 heteroatoms. The van der Waals surface area contributed by atoms with Crippen LogP contribution in [0.1, 0.15) is 25.0 Å². The lowest BCUT2D eigenvalue weighted by molar-refractivity contribution is 0.311. The second kappa shape index (κ2) is 6.68. The molecular formula is C19H23ClN2O. The number of hydrogen-bond acceptors (Lipinski definition) is 3. The number of nitrogens with zero attached hydrogens (tertiary/aromatic N) is 1. The monoisotopic (exact) mass is 330 g/mol. The van der Waals surface area contributed by atoms with Gasteiger partial charge >= 0.3 is 0 Å². The third kappa shape index (κ3) is 3.63. The Morgan fingerprint density at radius 1 is 1.13 bits per heavy atom. The van der Waals surface area contributed by atoms with Crippen LogP contribution in [-0.2, 0) is 6.54 Å². The lowest BCUT2D eigenvalue weighted by atomic mass is 10.1. The molecule has 23 heavy (non-hydrogen) atoms. The second-order valence-corrected chi connectivity index (χ2v) is 7.16. The first-order valence-corrected chi connectivity index (χ1v) is 8.96. The predicted molar refractivity (Wildman–Crippen MR) is 93.6 cm³/mol. The molecule has 1 N–H and O–H groups in total. The lowest BCUT2D eigenvalue weighted by Crippen LogP contribution is -2.27. The molecule has 2 fully saturated rings. The zero-order chi connectivity index (χ0) is 15.6. The average molecular weight is 331 g/mol. The summed E-state index contributed by atoms with van der Waals surface area (Å²) < 4.78 is 5.93. The Hall–Kier alpha value is -1.29. The highest BCUT2D eigenvalue weighted by molar-refractivity contribution is 6.33. The molecule has 1 aromatic carbocycles. The summed E-state index contributed by atoms with van der Waals surface area (Å²) in [5, 5.41) is 4.28. The molecule has 2 aromatic rings. The maximum absolute atomic E-state index is 6.22. The maximum atomic E-state index is 6.22. The molecule has 1 saturated carbocycles. The van der Waals surface area contributed by atoms with Crippen molar-refractivity contribution in [2.24, 2.45) is 5.92 Å². The molecule has 0 bridgehead atoms. The molecule has 1 saturated heterocycles. The predicted octanol–water partition coefficient (Wildman–Crippen LogP) is 4.17. The van der Waals surface area contributed by atoms with Crippen molar-refractivity contribution in [1.29, 1.82) is 0 Å². The molecule has 4 rings (SSSR count). The normalized spacial score (nSPS) is 21.9. The quantitative estimate of drug-likeness (QED) is 0.861. The molecule has 1 aromatic heterocycles. The van der Waals surface area contributed by atoms with Gasteiger partial charge in [-0.1, -0.05) is 23.7 Å². The number of rotatable bonds is 6. The summed E-state index contributed by atoms with van der Waals surface area (Å²) >= 11 is 6.22. The van der Waals surface area contributed by atoms with E-state index in [1.807, 2.05) is 36.4 Å². The zero-order valence-electron chi connectivity index (χ0n) is 13.3. The largest absolute Gasteiger partial charge is 0.460 e. The first-order valence-electron chi connectivity index (χ1n) is 8.58. The van der Waals surface area contributed by atoms with Crippen LogP contribution in [0.3, 0.4) is 0 Å². The van der Waals surface area contributed by atoms with E-state index in [9.17, 15) is 0 Å². The smallest absolute Gasteiger partial charge is 0.135 e. The van der Waals surface area contributed by atoms with Crippen LogP contribution in [-0.4, -0.2) is 30.6 Å². The van der Waals surface area contributed by atoms with Crippen molar-refractivity contribution in [2.45, 2.75) is 31.8 Å².